The molecule has 0 atom stereocenters. The summed E-state index contributed by atoms with van der Waals surface area (Å²) in [5, 5.41) is 25.4. The molecule has 0 aromatic heterocycles. The third kappa shape index (κ3) is 3.63. The zero-order valence-corrected chi connectivity index (χ0v) is 11.6. The van der Waals surface area contributed by atoms with Crippen LogP contribution in [0.15, 0.2) is 53.6 Å². The van der Waals surface area contributed by atoms with Crippen molar-refractivity contribution in [2.45, 2.75) is 6.92 Å². The number of rotatable bonds is 5. The molecule has 2 aromatic rings. The molecule has 0 unspecified atom stereocenters. The Kier molecular flexibility index (Phi) is 4.42. The van der Waals surface area contributed by atoms with Crippen LogP contribution in [0.1, 0.15) is 12.5 Å². The Bertz CT molecular complexity index is 741. The van der Waals surface area contributed by atoms with Gasteiger partial charge in [0.2, 0.25) is 0 Å². The maximum atomic E-state index is 10.7. The lowest BCUT2D eigenvalue weighted by atomic mass is 10.1. The van der Waals surface area contributed by atoms with Crippen LogP contribution in [0, 0.1) is 20.2 Å². The topological polar surface area (TPSA) is 111 Å². The van der Waals surface area contributed by atoms with Gasteiger partial charge in [-0.1, -0.05) is 6.07 Å². The monoisotopic (exact) mass is 300 g/mol. The summed E-state index contributed by atoms with van der Waals surface area (Å²) in [6, 6.07) is 11.9. The van der Waals surface area contributed by atoms with Gasteiger partial charge in [-0.3, -0.25) is 25.7 Å². The van der Waals surface area contributed by atoms with Gasteiger partial charge in [0, 0.05) is 24.3 Å². The Hall–Kier alpha value is -3.29. The second-order valence-corrected chi connectivity index (χ2v) is 4.42. The second-order valence-electron chi connectivity index (χ2n) is 4.42. The molecule has 0 heterocycles. The molecule has 0 saturated carbocycles. The molecular weight excluding hydrogens is 288 g/mol. The summed E-state index contributed by atoms with van der Waals surface area (Å²) < 4.78 is 0. The van der Waals surface area contributed by atoms with Crippen LogP contribution >= 0.6 is 0 Å². The molecule has 0 bridgehead atoms. The molecule has 22 heavy (non-hydrogen) atoms. The van der Waals surface area contributed by atoms with Crippen molar-refractivity contribution >= 4 is 22.8 Å². The fraction of sp³-hybridized carbons (Fsp3) is 0.0714. The minimum Gasteiger partial charge on any atom is -0.278 e. The predicted molar refractivity (Wildman–Crippen MR) is 82.0 cm³/mol. The highest BCUT2D eigenvalue weighted by Crippen LogP contribution is 2.17. The van der Waals surface area contributed by atoms with Crippen LogP contribution < -0.4 is 5.43 Å². The Morgan fingerprint density at radius 3 is 2.23 bits per heavy atom. The average molecular weight is 300 g/mol. The molecule has 0 fully saturated rings. The van der Waals surface area contributed by atoms with Gasteiger partial charge in [0.05, 0.1) is 21.2 Å². The molecule has 0 radical (unpaired) electrons. The van der Waals surface area contributed by atoms with E-state index >= 15 is 0 Å². The normalized spacial score (nSPS) is 11.0. The highest BCUT2D eigenvalue weighted by Gasteiger charge is 2.07. The summed E-state index contributed by atoms with van der Waals surface area (Å²) >= 11 is 0. The Morgan fingerprint density at radius 1 is 1.00 bits per heavy atom. The van der Waals surface area contributed by atoms with Crippen LogP contribution in [0.2, 0.25) is 0 Å². The van der Waals surface area contributed by atoms with Gasteiger partial charge >= 0.3 is 0 Å². The average Bonchev–Trinajstić information content (AvgIpc) is 2.53. The minimum atomic E-state index is -0.488. The molecule has 1 N–H and O–H groups in total. The molecule has 0 aliphatic heterocycles. The van der Waals surface area contributed by atoms with E-state index in [0.717, 1.165) is 0 Å². The van der Waals surface area contributed by atoms with Gasteiger partial charge in [-0.2, -0.15) is 5.10 Å². The lowest BCUT2D eigenvalue weighted by Crippen LogP contribution is -2.00. The number of nitro benzene ring substituents is 2. The molecule has 2 rings (SSSR count). The first-order valence-corrected chi connectivity index (χ1v) is 6.27. The fourth-order valence-corrected chi connectivity index (χ4v) is 1.73. The Morgan fingerprint density at radius 2 is 1.64 bits per heavy atom. The smallest absolute Gasteiger partial charge is 0.271 e. The number of anilines is 1. The third-order valence-corrected chi connectivity index (χ3v) is 2.91. The van der Waals surface area contributed by atoms with Crippen LogP contribution in [0.25, 0.3) is 0 Å². The third-order valence-electron chi connectivity index (χ3n) is 2.91. The zero-order valence-electron chi connectivity index (χ0n) is 11.6. The molecule has 0 aliphatic rings. The van der Waals surface area contributed by atoms with Crippen LogP contribution in [0.4, 0.5) is 17.1 Å². The van der Waals surface area contributed by atoms with Crippen molar-refractivity contribution in [3.05, 3.63) is 74.3 Å². The van der Waals surface area contributed by atoms with Crippen LogP contribution in [-0.2, 0) is 0 Å². The van der Waals surface area contributed by atoms with E-state index in [1.54, 1.807) is 31.2 Å². The van der Waals surface area contributed by atoms with Gasteiger partial charge in [-0.15, -0.1) is 0 Å². The van der Waals surface area contributed by atoms with Crippen molar-refractivity contribution in [2.24, 2.45) is 5.10 Å². The van der Waals surface area contributed by atoms with E-state index < -0.39 is 9.85 Å². The summed E-state index contributed by atoms with van der Waals surface area (Å²) in [7, 11) is 0. The quantitative estimate of drug-likeness (QED) is 0.517. The lowest BCUT2D eigenvalue weighted by molar-refractivity contribution is -0.385. The van der Waals surface area contributed by atoms with Crippen molar-refractivity contribution < 1.29 is 9.85 Å². The molecule has 112 valence electrons. The number of hydrogen-bond donors (Lipinski definition) is 1. The van der Waals surface area contributed by atoms with Gasteiger partial charge in [-0.25, -0.2) is 0 Å². The van der Waals surface area contributed by atoms with Crippen molar-refractivity contribution in [3.63, 3.8) is 0 Å². The number of nitrogens with one attached hydrogen (secondary N) is 1. The van der Waals surface area contributed by atoms with Gasteiger partial charge in [-0.05, 0) is 30.7 Å². The molecular formula is C14H12N4O4. The second kappa shape index (κ2) is 6.44. The summed E-state index contributed by atoms with van der Waals surface area (Å²) in [4.78, 5) is 20.3. The van der Waals surface area contributed by atoms with Crippen molar-refractivity contribution in [1.82, 2.24) is 0 Å². The van der Waals surface area contributed by atoms with Gasteiger partial charge in [0.25, 0.3) is 11.4 Å². The van der Waals surface area contributed by atoms with Crippen molar-refractivity contribution in [3.8, 4) is 0 Å². The summed E-state index contributed by atoms with van der Waals surface area (Å²) in [5.74, 6) is 0. The highest BCUT2D eigenvalue weighted by atomic mass is 16.6. The summed E-state index contributed by atoms with van der Waals surface area (Å²) in [6.07, 6.45) is 0. The Balaban J connectivity index is 2.14. The SMILES string of the molecule is C/C(=N/Nc1cccc([N+](=O)[O-])c1)c1ccc([N+](=O)[O-])cc1. The molecule has 2 aromatic carbocycles. The van der Waals surface area contributed by atoms with Gasteiger partial charge in [0.1, 0.15) is 0 Å². The van der Waals surface area contributed by atoms with E-state index in [9.17, 15) is 20.2 Å². The molecule has 0 spiro atoms. The number of hydrogen-bond acceptors (Lipinski definition) is 6. The maximum absolute atomic E-state index is 10.7. The minimum absolute atomic E-state index is 0.00296. The van der Waals surface area contributed by atoms with Crippen LogP contribution in [0.3, 0.4) is 0 Å². The molecule has 0 saturated heterocycles. The summed E-state index contributed by atoms with van der Waals surface area (Å²) in [5.41, 5.74) is 4.49. The molecule has 0 amide bonds. The van der Waals surface area contributed by atoms with E-state index in [1.807, 2.05) is 0 Å². The largest absolute Gasteiger partial charge is 0.278 e. The first-order valence-electron chi connectivity index (χ1n) is 6.27. The van der Waals surface area contributed by atoms with Crippen molar-refractivity contribution in [2.75, 3.05) is 5.43 Å². The number of nitro groups is 2. The number of benzene rings is 2. The molecule has 0 aliphatic carbocycles. The van der Waals surface area contributed by atoms with E-state index in [4.69, 9.17) is 0 Å². The van der Waals surface area contributed by atoms with E-state index in [0.29, 0.717) is 17.0 Å². The maximum Gasteiger partial charge on any atom is 0.271 e. The predicted octanol–water partition coefficient (Wildman–Crippen LogP) is 3.34. The van der Waals surface area contributed by atoms with Crippen molar-refractivity contribution in [1.29, 1.82) is 0 Å². The van der Waals surface area contributed by atoms with E-state index in [-0.39, 0.29) is 11.4 Å². The fourth-order valence-electron chi connectivity index (χ4n) is 1.73. The number of nitrogens with zero attached hydrogens (tertiary/aromatic N) is 3. The first-order chi connectivity index (χ1) is 10.5. The van der Waals surface area contributed by atoms with Gasteiger partial charge < -0.3 is 0 Å². The number of hydrazone groups is 1. The summed E-state index contributed by atoms with van der Waals surface area (Å²) in [6.45, 7) is 1.73. The lowest BCUT2D eigenvalue weighted by Gasteiger charge is -2.03. The van der Waals surface area contributed by atoms with Crippen LogP contribution in [0.5, 0.6) is 0 Å². The highest BCUT2D eigenvalue weighted by molar-refractivity contribution is 5.99. The number of non-ortho nitro benzene ring substituents is 2. The standard InChI is InChI=1S/C14H12N4O4/c1-10(11-5-7-13(8-6-11)17(19)20)15-16-12-3-2-4-14(9-12)18(21)22/h2-9,16H,1H3/b15-10-. The van der Waals surface area contributed by atoms with Crippen LogP contribution in [-0.4, -0.2) is 15.6 Å². The molecule has 8 heteroatoms. The molecule has 8 nitrogen and oxygen atoms in total. The van der Waals surface area contributed by atoms with Gasteiger partial charge in [0.15, 0.2) is 0 Å². The zero-order chi connectivity index (χ0) is 16.1. The van der Waals surface area contributed by atoms with E-state index in [1.165, 1.54) is 24.3 Å². The Labute approximate surface area is 125 Å². The van der Waals surface area contributed by atoms with E-state index in [2.05, 4.69) is 10.5 Å². The first kappa shape index (κ1) is 15.1.